The van der Waals surface area contributed by atoms with Crippen LogP contribution in [0.3, 0.4) is 0 Å². The largest absolute Gasteiger partial charge is 0.366 e. The molecule has 1 saturated heterocycles. The second kappa shape index (κ2) is 8.19. The Morgan fingerprint density at radius 2 is 2.18 bits per heavy atom. The molecule has 2 aromatic rings. The SMILES string of the molecule is CCCNC(=O)C1CN(S(=O)(=O)c2c(C(N)=O)[nH]c3ccc(Br)cc23)CCO1. The van der Waals surface area contributed by atoms with Crippen molar-refractivity contribution in [3.8, 4) is 0 Å². The molecule has 4 N–H and O–H groups in total. The third kappa shape index (κ3) is 3.93. The van der Waals surface area contributed by atoms with Gasteiger partial charge >= 0.3 is 0 Å². The molecule has 0 radical (unpaired) electrons. The zero-order chi connectivity index (χ0) is 20.5. The topological polar surface area (TPSA) is 135 Å². The fourth-order valence-electron chi connectivity index (χ4n) is 3.07. The monoisotopic (exact) mass is 472 g/mol. The average Bonchev–Trinajstić information content (AvgIpc) is 3.06. The fraction of sp³-hybridized carbons (Fsp3) is 0.412. The zero-order valence-electron chi connectivity index (χ0n) is 15.2. The average molecular weight is 473 g/mol. The number of hydrogen-bond acceptors (Lipinski definition) is 5. The van der Waals surface area contributed by atoms with Crippen molar-refractivity contribution in [1.82, 2.24) is 14.6 Å². The van der Waals surface area contributed by atoms with E-state index in [-0.39, 0.29) is 36.2 Å². The van der Waals surface area contributed by atoms with E-state index in [9.17, 15) is 18.0 Å². The van der Waals surface area contributed by atoms with E-state index in [4.69, 9.17) is 10.5 Å². The van der Waals surface area contributed by atoms with Crippen LogP contribution >= 0.6 is 15.9 Å². The van der Waals surface area contributed by atoms with Gasteiger partial charge in [-0.15, -0.1) is 0 Å². The molecule has 0 aliphatic carbocycles. The van der Waals surface area contributed by atoms with Gasteiger partial charge in [0, 0.05) is 35.0 Å². The number of rotatable bonds is 6. The van der Waals surface area contributed by atoms with Crippen LogP contribution in [0, 0.1) is 0 Å². The third-order valence-corrected chi connectivity index (χ3v) is 6.87. The highest BCUT2D eigenvalue weighted by Crippen LogP contribution is 2.32. The van der Waals surface area contributed by atoms with Gasteiger partial charge in [0.1, 0.15) is 16.7 Å². The van der Waals surface area contributed by atoms with E-state index in [0.717, 1.165) is 10.7 Å². The predicted molar refractivity (Wildman–Crippen MR) is 106 cm³/mol. The lowest BCUT2D eigenvalue weighted by atomic mass is 10.2. The van der Waals surface area contributed by atoms with Crippen LogP contribution in [-0.2, 0) is 19.6 Å². The zero-order valence-corrected chi connectivity index (χ0v) is 17.6. The Morgan fingerprint density at radius 3 is 2.86 bits per heavy atom. The highest BCUT2D eigenvalue weighted by atomic mass is 79.9. The highest BCUT2D eigenvalue weighted by Gasteiger charge is 2.37. The highest BCUT2D eigenvalue weighted by molar-refractivity contribution is 9.10. The minimum Gasteiger partial charge on any atom is -0.366 e. The van der Waals surface area contributed by atoms with Gasteiger partial charge in [-0.25, -0.2) is 8.42 Å². The lowest BCUT2D eigenvalue weighted by Crippen LogP contribution is -2.51. The summed E-state index contributed by atoms with van der Waals surface area (Å²) in [6, 6.07) is 4.99. The Kier molecular flexibility index (Phi) is 6.08. The maximum atomic E-state index is 13.4. The van der Waals surface area contributed by atoms with Crippen molar-refractivity contribution in [2.75, 3.05) is 26.2 Å². The standard InChI is InChI=1S/C17H21BrN4O5S/c1-2-5-20-17(24)13-9-22(6-7-27-13)28(25,26)15-11-8-10(18)3-4-12(11)21-14(15)16(19)23/h3-4,8,13,21H,2,5-7,9H2,1H3,(H2,19,23)(H,20,24). The lowest BCUT2D eigenvalue weighted by molar-refractivity contribution is -0.136. The molecule has 1 aromatic carbocycles. The van der Waals surface area contributed by atoms with Crippen molar-refractivity contribution >= 4 is 48.7 Å². The van der Waals surface area contributed by atoms with Gasteiger partial charge in [-0.05, 0) is 24.6 Å². The minimum absolute atomic E-state index is 0.0682. The molecule has 1 unspecified atom stereocenters. The van der Waals surface area contributed by atoms with Crippen LogP contribution in [0.2, 0.25) is 0 Å². The maximum Gasteiger partial charge on any atom is 0.266 e. The molecule has 3 rings (SSSR count). The number of H-pyrrole nitrogens is 1. The van der Waals surface area contributed by atoms with Gasteiger partial charge in [-0.3, -0.25) is 9.59 Å². The summed E-state index contributed by atoms with van der Waals surface area (Å²) in [6.45, 7) is 2.39. The molecule has 28 heavy (non-hydrogen) atoms. The van der Waals surface area contributed by atoms with Crippen molar-refractivity contribution < 1.29 is 22.7 Å². The van der Waals surface area contributed by atoms with Gasteiger partial charge < -0.3 is 20.8 Å². The van der Waals surface area contributed by atoms with E-state index in [1.165, 1.54) is 0 Å². The second-order valence-corrected chi connectivity index (χ2v) is 9.19. The number of carbonyl (C=O) groups is 2. The smallest absolute Gasteiger partial charge is 0.266 e. The quantitative estimate of drug-likeness (QED) is 0.574. The molecular weight excluding hydrogens is 452 g/mol. The molecule has 1 aromatic heterocycles. The van der Waals surface area contributed by atoms with E-state index >= 15 is 0 Å². The number of ether oxygens (including phenoxy) is 1. The number of nitrogens with zero attached hydrogens (tertiary/aromatic N) is 1. The number of amides is 2. The van der Waals surface area contributed by atoms with Crippen molar-refractivity contribution in [1.29, 1.82) is 0 Å². The van der Waals surface area contributed by atoms with Crippen LogP contribution in [-0.4, -0.2) is 61.9 Å². The van der Waals surface area contributed by atoms with Crippen molar-refractivity contribution in [3.63, 3.8) is 0 Å². The molecule has 1 aliphatic rings. The number of fused-ring (bicyclic) bond motifs is 1. The summed E-state index contributed by atoms with van der Waals surface area (Å²) in [7, 11) is -4.10. The molecule has 2 amide bonds. The number of halogens is 1. The molecule has 0 spiro atoms. The normalized spacial score (nSPS) is 18.3. The Labute approximate surface area is 170 Å². The molecular formula is C17H21BrN4O5S. The van der Waals surface area contributed by atoms with E-state index in [1.54, 1.807) is 18.2 Å². The Bertz CT molecular complexity index is 1020. The van der Waals surface area contributed by atoms with Crippen molar-refractivity contribution in [2.24, 2.45) is 5.73 Å². The Hall–Kier alpha value is -1.95. The van der Waals surface area contributed by atoms with Gasteiger partial charge in [0.05, 0.1) is 6.61 Å². The first-order valence-electron chi connectivity index (χ1n) is 8.76. The number of sulfonamides is 1. The van der Waals surface area contributed by atoms with Crippen LogP contribution in [0.25, 0.3) is 10.9 Å². The molecule has 1 atom stereocenters. The molecule has 11 heteroatoms. The van der Waals surface area contributed by atoms with Crippen LogP contribution in [0.1, 0.15) is 23.8 Å². The Morgan fingerprint density at radius 1 is 1.43 bits per heavy atom. The van der Waals surface area contributed by atoms with Crippen LogP contribution in [0.15, 0.2) is 27.6 Å². The van der Waals surface area contributed by atoms with Crippen molar-refractivity contribution in [2.45, 2.75) is 24.3 Å². The van der Waals surface area contributed by atoms with Crippen LogP contribution in [0.4, 0.5) is 0 Å². The lowest BCUT2D eigenvalue weighted by Gasteiger charge is -2.31. The maximum absolute atomic E-state index is 13.4. The Balaban J connectivity index is 2.00. The molecule has 0 bridgehead atoms. The summed E-state index contributed by atoms with van der Waals surface area (Å²) in [6.07, 6.45) is -0.156. The fourth-order valence-corrected chi connectivity index (χ4v) is 5.20. The van der Waals surface area contributed by atoms with Gasteiger partial charge in [0.15, 0.2) is 0 Å². The van der Waals surface area contributed by atoms with Gasteiger partial charge in [0.2, 0.25) is 10.0 Å². The molecule has 0 saturated carbocycles. The molecule has 2 heterocycles. The molecule has 152 valence electrons. The summed E-state index contributed by atoms with van der Waals surface area (Å²) in [5.41, 5.74) is 5.70. The van der Waals surface area contributed by atoms with Crippen LogP contribution < -0.4 is 11.1 Å². The first kappa shape index (κ1) is 20.8. The van der Waals surface area contributed by atoms with E-state index in [0.29, 0.717) is 21.9 Å². The minimum atomic E-state index is -4.10. The second-order valence-electron chi connectivity index (χ2n) is 6.40. The number of benzene rings is 1. The summed E-state index contributed by atoms with van der Waals surface area (Å²) in [5, 5.41) is 3.05. The summed E-state index contributed by atoms with van der Waals surface area (Å²) in [4.78, 5) is 26.7. The number of hydrogen-bond donors (Lipinski definition) is 3. The molecule has 9 nitrogen and oxygen atoms in total. The van der Waals surface area contributed by atoms with Gasteiger partial charge in [0.25, 0.3) is 11.8 Å². The van der Waals surface area contributed by atoms with Gasteiger partial charge in [-0.2, -0.15) is 4.31 Å². The number of aromatic amines is 1. The van der Waals surface area contributed by atoms with E-state index < -0.39 is 22.0 Å². The van der Waals surface area contributed by atoms with Crippen LogP contribution in [0.5, 0.6) is 0 Å². The number of aromatic nitrogens is 1. The summed E-state index contributed by atoms with van der Waals surface area (Å²) >= 11 is 3.32. The van der Waals surface area contributed by atoms with E-state index in [2.05, 4.69) is 26.2 Å². The molecule has 1 fully saturated rings. The number of carbonyl (C=O) groups excluding carboxylic acids is 2. The number of morpholine rings is 1. The van der Waals surface area contributed by atoms with E-state index in [1.807, 2.05) is 6.92 Å². The summed E-state index contributed by atoms with van der Waals surface area (Å²) in [5.74, 6) is -1.24. The molecule has 1 aliphatic heterocycles. The number of nitrogens with one attached hydrogen (secondary N) is 2. The predicted octanol–water partition coefficient (Wildman–Crippen LogP) is 0.945. The first-order chi connectivity index (χ1) is 13.3. The number of nitrogens with two attached hydrogens (primary N) is 1. The van der Waals surface area contributed by atoms with Crippen molar-refractivity contribution in [3.05, 3.63) is 28.4 Å². The van der Waals surface area contributed by atoms with Gasteiger partial charge in [-0.1, -0.05) is 22.9 Å². The first-order valence-corrected chi connectivity index (χ1v) is 11.0. The third-order valence-electron chi connectivity index (χ3n) is 4.43. The summed E-state index contributed by atoms with van der Waals surface area (Å²) < 4.78 is 34.0. The number of primary amides is 1.